The van der Waals surface area contributed by atoms with E-state index < -0.39 is 5.60 Å². The van der Waals surface area contributed by atoms with Gasteiger partial charge in [-0.05, 0) is 68.1 Å². The number of hydrogen-bond donors (Lipinski definition) is 1. The number of benzene rings is 2. The second kappa shape index (κ2) is 10.8. The van der Waals surface area contributed by atoms with Gasteiger partial charge in [0.2, 0.25) is 0 Å². The fourth-order valence-electron chi connectivity index (χ4n) is 4.03. The van der Waals surface area contributed by atoms with E-state index in [4.69, 9.17) is 9.47 Å². The van der Waals surface area contributed by atoms with E-state index in [9.17, 15) is 9.50 Å². The fourth-order valence-corrected chi connectivity index (χ4v) is 4.03. The summed E-state index contributed by atoms with van der Waals surface area (Å²) < 4.78 is 26.7. The van der Waals surface area contributed by atoms with Crippen molar-refractivity contribution in [1.29, 1.82) is 0 Å². The average Bonchev–Trinajstić information content (AvgIpc) is 3.24. The van der Waals surface area contributed by atoms with Crippen LogP contribution in [0.2, 0.25) is 0 Å². The summed E-state index contributed by atoms with van der Waals surface area (Å²) in [4.78, 5) is 6.57. The van der Waals surface area contributed by atoms with Crippen molar-refractivity contribution in [2.45, 2.75) is 44.9 Å². The number of nitrogens with zero attached hydrogens (tertiary/aromatic N) is 3. The lowest BCUT2D eigenvalue weighted by Gasteiger charge is -2.38. The molecule has 176 valence electrons. The third-order valence-electron chi connectivity index (χ3n) is 6.17. The molecule has 0 atom stereocenters. The fraction of sp³-hybridized carbons (Fsp3) is 0.423. The Morgan fingerprint density at radius 2 is 1.67 bits per heavy atom. The predicted molar refractivity (Wildman–Crippen MR) is 125 cm³/mol. The van der Waals surface area contributed by atoms with Gasteiger partial charge in [0.15, 0.2) is 0 Å². The van der Waals surface area contributed by atoms with Crippen LogP contribution in [0.25, 0.3) is 0 Å². The highest BCUT2D eigenvalue weighted by molar-refractivity contribution is 5.27. The molecule has 7 heteroatoms. The van der Waals surface area contributed by atoms with Crippen LogP contribution < -0.4 is 9.47 Å². The lowest BCUT2D eigenvalue weighted by Crippen LogP contribution is -2.47. The average molecular weight is 454 g/mol. The summed E-state index contributed by atoms with van der Waals surface area (Å²) in [6.45, 7) is 6.24. The number of aliphatic hydroxyl groups is 1. The summed E-state index contributed by atoms with van der Waals surface area (Å²) in [6, 6.07) is 14.1. The molecule has 1 saturated heterocycles. The second-order valence-electron chi connectivity index (χ2n) is 8.76. The number of aryl methyl sites for hydroxylation is 2. The number of imidazole rings is 1. The molecule has 1 aliphatic rings. The molecule has 33 heavy (non-hydrogen) atoms. The minimum Gasteiger partial charge on any atom is -0.494 e. The molecule has 2 heterocycles. The second-order valence-corrected chi connectivity index (χ2v) is 8.76. The third kappa shape index (κ3) is 6.79. The molecule has 0 aliphatic carbocycles. The minimum atomic E-state index is -0.849. The Morgan fingerprint density at radius 1 is 1.00 bits per heavy atom. The zero-order chi connectivity index (χ0) is 23.1. The maximum Gasteiger partial charge on any atom is 0.123 e. The van der Waals surface area contributed by atoms with Gasteiger partial charge in [0.05, 0.1) is 6.61 Å². The van der Waals surface area contributed by atoms with Gasteiger partial charge >= 0.3 is 0 Å². The van der Waals surface area contributed by atoms with Crippen LogP contribution in [0, 0.1) is 12.7 Å². The van der Waals surface area contributed by atoms with Crippen LogP contribution in [0.15, 0.2) is 60.9 Å². The summed E-state index contributed by atoms with van der Waals surface area (Å²) >= 11 is 0. The van der Waals surface area contributed by atoms with Gasteiger partial charge in [-0.2, -0.15) is 0 Å². The standard InChI is InChI=1S/C26H32FN3O3/c1-21-28-13-17-30(21)14-2-18-32-24-7-3-22(4-8-24)19-29-15-11-26(31,12-16-29)20-33-25-9-5-23(27)6-10-25/h3-10,13,17,31H,2,11-12,14-16,18-20H2,1H3. The van der Waals surface area contributed by atoms with E-state index in [2.05, 4.69) is 26.6 Å². The van der Waals surface area contributed by atoms with Crippen molar-refractivity contribution in [3.8, 4) is 11.5 Å². The molecule has 2 aromatic carbocycles. The molecular weight excluding hydrogens is 421 g/mol. The highest BCUT2D eigenvalue weighted by Gasteiger charge is 2.33. The molecule has 0 bridgehead atoms. The Bertz CT molecular complexity index is 996. The molecule has 4 rings (SSSR count). The number of piperidine rings is 1. The van der Waals surface area contributed by atoms with Crippen molar-refractivity contribution in [3.05, 3.63) is 78.1 Å². The monoisotopic (exact) mass is 453 g/mol. The number of hydrogen-bond acceptors (Lipinski definition) is 5. The Hall–Kier alpha value is -2.90. The van der Waals surface area contributed by atoms with Crippen LogP contribution in [0.1, 0.15) is 30.7 Å². The summed E-state index contributed by atoms with van der Waals surface area (Å²) in [5.74, 6) is 2.18. The third-order valence-corrected chi connectivity index (χ3v) is 6.17. The minimum absolute atomic E-state index is 0.221. The number of halogens is 1. The first kappa shape index (κ1) is 23.3. The first-order chi connectivity index (χ1) is 16.0. The smallest absolute Gasteiger partial charge is 0.123 e. The largest absolute Gasteiger partial charge is 0.494 e. The summed E-state index contributed by atoms with van der Waals surface area (Å²) in [5, 5.41) is 10.8. The molecule has 1 aromatic heterocycles. The van der Waals surface area contributed by atoms with Crippen LogP contribution in [0.4, 0.5) is 4.39 Å². The predicted octanol–water partition coefficient (Wildman–Crippen LogP) is 4.21. The highest BCUT2D eigenvalue weighted by atomic mass is 19.1. The molecule has 0 radical (unpaired) electrons. The number of likely N-dealkylation sites (tertiary alicyclic amines) is 1. The number of rotatable bonds is 10. The van der Waals surface area contributed by atoms with E-state index in [1.807, 2.05) is 31.5 Å². The van der Waals surface area contributed by atoms with Crippen LogP contribution in [-0.4, -0.2) is 51.5 Å². The molecule has 0 spiro atoms. The van der Waals surface area contributed by atoms with Gasteiger partial charge in [0.25, 0.3) is 0 Å². The Balaban J connectivity index is 1.16. The normalized spacial score (nSPS) is 16.0. The van der Waals surface area contributed by atoms with Gasteiger partial charge in [-0.3, -0.25) is 4.90 Å². The first-order valence-corrected chi connectivity index (χ1v) is 11.5. The van der Waals surface area contributed by atoms with E-state index in [0.717, 1.165) is 44.2 Å². The van der Waals surface area contributed by atoms with Gasteiger partial charge in [-0.1, -0.05) is 12.1 Å². The lowest BCUT2D eigenvalue weighted by atomic mass is 9.92. The summed E-state index contributed by atoms with van der Waals surface area (Å²) in [7, 11) is 0. The number of ether oxygens (including phenoxy) is 2. The van der Waals surface area contributed by atoms with Gasteiger partial charge < -0.3 is 19.1 Å². The van der Waals surface area contributed by atoms with Gasteiger partial charge in [0, 0.05) is 38.6 Å². The molecule has 3 aromatic rings. The lowest BCUT2D eigenvalue weighted by molar-refractivity contribution is -0.0537. The molecule has 6 nitrogen and oxygen atoms in total. The molecule has 0 unspecified atom stereocenters. The summed E-state index contributed by atoms with van der Waals surface area (Å²) in [5.41, 5.74) is 0.377. The van der Waals surface area contributed by atoms with Crippen LogP contribution in [-0.2, 0) is 13.1 Å². The Labute approximate surface area is 194 Å². The quantitative estimate of drug-likeness (QED) is 0.466. The maximum atomic E-state index is 13.0. The van der Waals surface area contributed by atoms with Crippen molar-refractivity contribution in [2.24, 2.45) is 0 Å². The van der Waals surface area contributed by atoms with Crippen LogP contribution >= 0.6 is 0 Å². The molecule has 0 amide bonds. The SMILES string of the molecule is Cc1nccn1CCCOc1ccc(CN2CCC(O)(COc3ccc(F)cc3)CC2)cc1. The van der Waals surface area contributed by atoms with E-state index in [1.165, 1.54) is 17.7 Å². The van der Waals surface area contributed by atoms with Gasteiger partial charge in [0.1, 0.15) is 35.3 Å². The van der Waals surface area contributed by atoms with Crippen molar-refractivity contribution in [2.75, 3.05) is 26.3 Å². The Kier molecular flexibility index (Phi) is 7.62. The topological polar surface area (TPSA) is 59.8 Å². The van der Waals surface area contributed by atoms with E-state index in [-0.39, 0.29) is 12.4 Å². The number of aromatic nitrogens is 2. The molecule has 0 saturated carbocycles. The van der Waals surface area contributed by atoms with Crippen molar-refractivity contribution >= 4 is 0 Å². The molecule has 1 fully saturated rings. The molecule has 1 aliphatic heterocycles. The summed E-state index contributed by atoms with van der Waals surface area (Å²) in [6.07, 6.45) is 6.03. The van der Waals surface area contributed by atoms with Crippen molar-refractivity contribution < 1.29 is 19.0 Å². The van der Waals surface area contributed by atoms with E-state index >= 15 is 0 Å². The van der Waals surface area contributed by atoms with E-state index in [0.29, 0.717) is 25.2 Å². The van der Waals surface area contributed by atoms with Crippen molar-refractivity contribution in [3.63, 3.8) is 0 Å². The molecular formula is C26H32FN3O3. The van der Waals surface area contributed by atoms with Gasteiger partial charge in [-0.25, -0.2) is 9.37 Å². The Morgan fingerprint density at radius 3 is 2.33 bits per heavy atom. The maximum absolute atomic E-state index is 13.0. The van der Waals surface area contributed by atoms with Gasteiger partial charge in [-0.15, -0.1) is 0 Å². The van der Waals surface area contributed by atoms with Crippen LogP contribution in [0.5, 0.6) is 11.5 Å². The van der Waals surface area contributed by atoms with E-state index in [1.54, 1.807) is 12.1 Å². The zero-order valence-electron chi connectivity index (χ0n) is 19.1. The zero-order valence-corrected chi connectivity index (χ0v) is 19.1. The highest BCUT2D eigenvalue weighted by Crippen LogP contribution is 2.25. The van der Waals surface area contributed by atoms with Crippen molar-refractivity contribution in [1.82, 2.24) is 14.5 Å². The first-order valence-electron chi connectivity index (χ1n) is 11.5. The van der Waals surface area contributed by atoms with Crippen LogP contribution in [0.3, 0.4) is 0 Å². The molecule has 1 N–H and O–H groups in total.